The van der Waals surface area contributed by atoms with Crippen LogP contribution in [0.15, 0.2) is 24.3 Å². The average Bonchev–Trinajstić information content (AvgIpc) is 2.44. The lowest BCUT2D eigenvalue weighted by Gasteiger charge is -2.09. The Balaban J connectivity index is 2.31. The van der Waals surface area contributed by atoms with Gasteiger partial charge in [0.1, 0.15) is 5.75 Å². The lowest BCUT2D eigenvalue weighted by atomic mass is 10.2. The zero-order chi connectivity index (χ0) is 14.8. The molecule has 2 N–H and O–H groups in total. The maximum Gasteiger partial charge on any atom is 0.258 e. The molecule has 108 valence electrons. The highest BCUT2D eigenvalue weighted by atomic mass is 16.5. The van der Waals surface area contributed by atoms with Crippen LogP contribution in [0.3, 0.4) is 0 Å². The number of amides is 1. The van der Waals surface area contributed by atoms with Crippen LogP contribution in [0.5, 0.6) is 5.75 Å². The van der Waals surface area contributed by atoms with Crippen molar-refractivity contribution in [1.29, 1.82) is 0 Å². The molecule has 20 heavy (non-hydrogen) atoms. The number of rotatable bonds is 8. The molecular weight excluding hydrogens is 252 g/mol. The van der Waals surface area contributed by atoms with Gasteiger partial charge in [0.2, 0.25) is 0 Å². The molecule has 0 atom stereocenters. The molecule has 0 spiro atoms. The molecule has 0 heterocycles. The normalized spacial score (nSPS) is 10.1. The number of carbonyl (C=O) groups excluding carboxylic acids is 1. The summed E-state index contributed by atoms with van der Waals surface area (Å²) < 4.78 is 5.36. The summed E-state index contributed by atoms with van der Waals surface area (Å²) >= 11 is 0. The Hall–Kier alpha value is -1.99. The molecule has 0 fully saturated rings. The maximum absolute atomic E-state index is 11.3. The van der Waals surface area contributed by atoms with Gasteiger partial charge in [-0.3, -0.25) is 4.79 Å². The summed E-state index contributed by atoms with van der Waals surface area (Å²) in [6.07, 6.45) is 5.05. The van der Waals surface area contributed by atoms with E-state index >= 15 is 0 Å². The van der Waals surface area contributed by atoms with E-state index in [4.69, 9.17) is 11.2 Å². The number of ether oxygens (including phenoxy) is 1. The van der Waals surface area contributed by atoms with Gasteiger partial charge >= 0.3 is 0 Å². The van der Waals surface area contributed by atoms with Crippen LogP contribution in [0.1, 0.15) is 19.4 Å². The highest BCUT2D eigenvalue weighted by Crippen LogP contribution is 2.12. The second-order valence-corrected chi connectivity index (χ2v) is 4.94. The minimum Gasteiger partial charge on any atom is -0.484 e. The predicted octanol–water partition coefficient (Wildman–Crippen LogP) is 1.56. The van der Waals surface area contributed by atoms with Gasteiger partial charge in [-0.15, -0.1) is 6.42 Å². The Bertz CT molecular complexity index is 447. The van der Waals surface area contributed by atoms with Crippen molar-refractivity contribution in [2.45, 2.75) is 20.4 Å². The molecule has 0 aromatic heterocycles. The van der Waals surface area contributed by atoms with Gasteiger partial charge in [0.25, 0.3) is 5.91 Å². The van der Waals surface area contributed by atoms with E-state index in [0.717, 1.165) is 13.1 Å². The highest BCUT2D eigenvalue weighted by molar-refractivity contribution is 5.77. The lowest BCUT2D eigenvalue weighted by molar-refractivity contribution is -0.122. The SMILES string of the molecule is C#CCNC(=O)COc1ccc(CNCC(C)C)cc1. The fourth-order valence-electron chi connectivity index (χ4n) is 1.56. The van der Waals surface area contributed by atoms with Gasteiger partial charge in [-0.25, -0.2) is 0 Å². The summed E-state index contributed by atoms with van der Waals surface area (Å²) in [5.41, 5.74) is 1.19. The Kier molecular flexibility index (Phi) is 7.23. The Morgan fingerprint density at radius 2 is 2.05 bits per heavy atom. The molecule has 1 aromatic rings. The third kappa shape index (κ3) is 6.81. The van der Waals surface area contributed by atoms with Gasteiger partial charge in [0.15, 0.2) is 6.61 Å². The predicted molar refractivity (Wildman–Crippen MR) is 80.3 cm³/mol. The van der Waals surface area contributed by atoms with Crippen LogP contribution in [-0.2, 0) is 11.3 Å². The topological polar surface area (TPSA) is 50.4 Å². The number of hydrogen-bond donors (Lipinski definition) is 2. The van der Waals surface area contributed by atoms with Crippen molar-refractivity contribution in [3.8, 4) is 18.1 Å². The van der Waals surface area contributed by atoms with Crippen LogP contribution >= 0.6 is 0 Å². The summed E-state index contributed by atoms with van der Waals surface area (Å²) in [5, 5.41) is 5.91. The van der Waals surface area contributed by atoms with E-state index in [1.54, 1.807) is 0 Å². The first kappa shape index (κ1) is 16.1. The van der Waals surface area contributed by atoms with Gasteiger partial charge in [-0.1, -0.05) is 31.9 Å². The Morgan fingerprint density at radius 1 is 1.35 bits per heavy atom. The fourth-order valence-corrected chi connectivity index (χ4v) is 1.56. The first-order valence-electron chi connectivity index (χ1n) is 6.74. The summed E-state index contributed by atoms with van der Waals surface area (Å²) in [6.45, 7) is 6.38. The zero-order valence-electron chi connectivity index (χ0n) is 12.1. The maximum atomic E-state index is 11.3. The first-order valence-corrected chi connectivity index (χ1v) is 6.74. The summed E-state index contributed by atoms with van der Waals surface area (Å²) in [7, 11) is 0. The van der Waals surface area contributed by atoms with E-state index in [1.165, 1.54) is 5.56 Å². The number of benzene rings is 1. The lowest BCUT2D eigenvalue weighted by Crippen LogP contribution is -2.29. The van der Waals surface area contributed by atoms with Crippen LogP contribution in [0.4, 0.5) is 0 Å². The molecule has 0 saturated carbocycles. The molecule has 0 unspecified atom stereocenters. The molecule has 1 rings (SSSR count). The van der Waals surface area contributed by atoms with Gasteiger partial charge in [-0.05, 0) is 30.2 Å². The van der Waals surface area contributed by atoms with E-state index in [0.29, 0.717) is 11.7 Å². The standard InChI is InChI=1S/C16H22N2O2/c1-4-9-18-16(19)12-20-15-7-5-14(6-8-15)11-17-10-13(2)3/h1,5-8,13,17H,9-12H2,2-3H3,(H,18,19). The molecule has 0 saturated heterocycles. The minimum atomic E-state index is -0.217. The minimum absolute atomic E-state index is 0.0212. The first-order chi connectivity index (χ1) is 9.61. The number of terminal acetylenes is 1. The fraction of sp³-hybridized carbons (Fsp3) is 0.438. The average molecular weight is 274 g/mol. The largest absolute Gasteiger partial charge is 0.484 e. The van der Waals surface area contributed by atoms with Gasteiger partial charge in [0.05, 0.1) is 6.54 Å². The number of nitrogens with one attached hydrogen (secondary N) is 2. The van der Waals surface area contributed by atoms with Crippen molar-refractivity contribution in [2.24, 2.45) is 5.92 Å². The van der Waals surface area contributed by atoms with Crippen LogP contribution in [-0.4, -0.2) is 25.6 Å². The van der Waals surface area contributed by atoms with Crippen LogP contribution in [0.2, 0.25) is 0 Å². The van der Waals surface area contributed by atoms with Gasteiger partial charge < -0.3 is 15.4 Å². The molecule has 1 aromatic carbocycles. The van der Waals surface area contributed by atoms with E-state index in [9.17, 15) is 4.79 Å². The van der Waals surface area contributed by atoms with Crippen molar-refractivity contribution in [3.63, 3.8) is 0 Å². The second-order valence-electron chi connectivity index (χ2n) is 4.94. The quantitative estimate of drug-likeness (QED) is 0.707. The summed E-state index contributed by atoms with van der Waals surface area (Å²) in [4.78, 5) is 11.3. The third-order valence-corrected chi connectivity index (χ3v) is 2.56. The van der Waals surface area contributed by atoms with Crippen LogP contribution < -0.4 is 15.4 Å². The summed E-state index contributed by atoms with van der Waals surface area (Å²) in [5.74, 6) is 3.43. The zero-order valence-corrected chi connectivity index (χ0v) is 12.1. The van der Waals surface area contributed by atoms with Crippen LogP contribution in [0.25, 0.3) is 0 Å². The summed E-state index contributed by atoms with van der Waals surface area (Å²) in [6, 6.07) is 7.70. The van der Waals surface area contributed by atoms with Gasteiger partial charge in [-0.2, -0.15) is 0 Å². The van der Waals surface area contributed by atoms with Crippen molar-refractivity contribution in [2.75, 3.05) is 19.7 Å². The van der Waals surface area contributed by atoms with Crippen molar-refractivity contribution < 1.29 is 9.53 Å². The number of carbonyl (C=O) groups is 1. The third-order valence-electron chi connectivity index (χ3n) is 2.56. The van der Waals surface area contributed by atoms with Crippen molar-refractivity contribution >= 4 is 5.91 Å². The molecule has 0 radical (unpaired) electrons. The monoisotopic (exact) mass is 274 g/mol. The molecule has 0 bridgehead atoms. The number of hydrogen-bond acceptors (Lipinski definition) is 3. The molecular formula is C16H22N2O2. The second kappa shape index (κ2) is 9.00. The van der Waals surface area contributed by atoms with E-state index in [1.807, 2.05) is 24.3 Å². The van der Waals surface area contributed by atoms with Crippen molar-refractivity contribution in [1.82, 2.24) is 10.6 Å². The van der Waals surface area contributed by atoms with E-state index in [-0.39, 0.29) is 19.1 Å². The van der Waals surface area contributed by atoms with E-state index < -0.39 is 0 Å². The molecule has 0 aliphatic rings. The molecule has 4 heteroatoms. The Labute approximate surface area is 120 Å². The van der Waals surface area contributed by atoms with Crippen LogP contribution in [0, 0.1) is 18.3 Å². The van der Waals surface area contributed by atoms with Gasteiger partial charge in [0, 0.05) is 6.54 Å². The molecule has 1 amide bonds. The van der Waals surface area contributed by atoms with E-state index in [2.05, 4.69) is 30.4 Å². The Morgan fingerprint density at radius 3 is 2.65 bits per heavy atom. The smallest absolute Gasteiger partial charge is 0.258 e. The van der Waals surface area contributed by atoms with Crippen molar-refractivity contribution in [3.05, 3.63) is 29.8 Å². The molecule has 4 nitrogen and oxygen atoms in total. The highest BCUT2D eigenvalue weighted by Gasteiger charge is 2.01. The molecule has 0 aliphatic heterocycles. The molecule has 0 aliphatic carbocycles.